The van der Waals surface area contributed by atoms with Crippen LogP contribution in [-0.4, -0.2) is 25.8 Å². The minimum Gasteiger partial charge on any atom is -0.241 e. The van der Waals surface area contributed by atoms with Crippen molar-refractivity contribution in [2.24, 2.45) is 5.92 Å². The SMILES string of the molecule is CC(CCCl)CNS(=O)(=O)c1ncccc1F. The van der Waals surface area contributed by atoms with E-state index < -0.39 is 20.9 Å². The second kappa shape index (κ2) is 6.28. The molecule has 0 saturated carbocycles. The molecule has 0 bridgehead atoms. The molecular weight excluding hydrogens is 267 g/mol. The van der Waals surface area contributed by atoms with Gasteiger partial charge in [0.05, 0.1) is 0 Å². The van der Waals surface area contributed by atoms with Crippen molar-refractivity contribution in [2.45, 2.75) is 18.4 Å². The molecule has 1 aromatic rings. The molecule has 1 aromatic heterocycles. The average Bonchev–Trinajstić information content (AvgIpc) is 2.27. The third-order valence-corrected chi connectivity index (χ3v) is 3.78. The van der Waals surface area contributed by atoms with Crippen LogP contribution in [0.3, 0.4) is 0 Å². The number of nitrogens with one attached hydrogen (secondary N) is 1. The van der Waals surface area contributed by atoms with Crippen molar-refractivity contribution in [1.82, 2.24) is 9.71 Å². The number of sulfonamides is 1. The standard InChI is InChI=1S/C10H14ClFN2O2S/c1-8(4-5-11)7-14-17(15,16)10-9(12)3-2-6-13-10/h2-3,6,8,14H,4-5,7H2,1H3. The Labute approximate surface area is 105 Å². The van der Waals surface area contributed by atoms with Crippen molar-refractivity contribution in [3.8, 4) is 0 Å². The molecule has 0 amide bonds. The second-order valence-corrected chi connectivity index (χ2v) is 5.79. The Morgan fingerprint density at radius 2 is 2.29 bits per heavy atom. The molecule has 1 N–H and O–H groups in total. The first-order valence-electron chi connectivity index (χ1n) is 5.13. The fraction of sp³-hybridized carbons (Fsp3) is 0.500. The van der Waals surface area contributed by atoms with E-state index in [2.05, 4.69) is 9.71 Å². The van der Waals surface area contributed by atoms with Gasteiger partial charge in [-0.3, -0.25) is 0 Å². The smallest absolute Gasteiger partial charge is 0.241 e. The lowest BCUT2D eigenvalue weighted by atomic mass is 10.1. The van der Waals surface area contributed by atoms with Crippen LogP contribution in [0.25, 0.3) is 0 Å². The van der Waals surface area contributed by atoms with E-state index in [0.29, 0.717) is 12.3 Å². The maximum Gasteiger partial charge on any atom is 0.261 e. The summed E-state index contributed by atoms with van der Waals surface area (Å²) in [5.41, 5.74) is 0. The van der Waals surface area contributed by atoms with Crippen LogP contribution in [-0.2, 0) is 10.0 Å². The zero-order valence-corrected chi connectivity index (χ0v) is 10.9. The fourth-order valence-electron chi connectivity index (χ4n) is 1.18. The van der Waals surface area contributed by atoms with Gasteiger partial charge >= 0.3 is 0 Å². The predicted molar refractivity (Wildman–Crippen MR) is 63.9 cm³/mol. The fourth-order valence-corrected chi connectivity index (χ4v) is 2.72. The lowest BCUT2D eigenvalue weighted by molar-refractivity contribution is 0.517. The molecule has 1 rings (SSSR count). The summed E-state index contributed by atoms with van der Waals surface area (Å²) in [6, 6.07) is 2.40. The van der Waals surface area contributed by atoms with Gasteiger partial charge in [-0.15, -0.1) is 11.6 Å². The molecule has 0 aliphatic heterocycles. The molecule has 0 aliphatic carbocycles. The van der Waals surface area contributed by atoms with Gasteiger partial charge in [0.25, 0.3) is 10.0 Å². The summed E-state index contributed by atoms with van der Waals surface area (Å²) in [6.45, 7) is 2.07. The van der Waals surface area contributed by atoms with E-state index in [-0.39, 0.29) is 12.5 Å². The van der Waals surface area contributed by atoms with Gasteiger partial charge < -0.3 is 0 Å². The summed E-state index contributed by atoms with van der Waals surface area (Å²) in [4.78, 5) is 3.52. The molecular formula is C10H14ClFN2O2S. The van der Waals surface area contributed by atoms with Crippen LogP contribution in [0.4, 0.5) is 4.39 Å². The molecule has 96 valence electrons. The van der Waals surface area contributed by atoms with Crippen LogP contribution < -0.4 is 4.72 Å². The topological polar surface area (TPSA) is 59.1 Å². The third-order valence-electron chi connectivity index (χ3n) is 2.20. The Balaban J connectivity index is 2.73. The van der Waals surface area contributed by atoms with E-state index in [1.54, 1.807) is 0 Å². The Morgan fingerprint density at radius 3 is 2.88 bits per heavy atom. The van der Waals surface area contributed by atoms with Gasteiger partial charge in [-0.25, -0.2) is 22.5 Å². The van der Waals surface area contributed by atoms with E-state index in [0.717, 1.165) is 6.07 Å². The zero-order valence-electron chi connectivity index (χ0n) is 9.36. The largest absolute Gasteiger partial charge is 0.261 e. The Kier molecular flexibility index (Phi) is 5.30. The summed E-state index contributed by atoms with van der Waals surface area (Å²) < 4.78 is 39.0. The minimum absolute atomic E-state index is 0.0917. The van der Waals surface area contributed by atoms with Crippen LogP contribution >= 0.6 is 11.6 Å². The Morgan fingerprint density at radius 1 is 1.59 bits per heavy atom. The maximum absolute atomic E-state index is 13.3. The van der Waals surface area contributed by atoms with Gasteiger partial charge in [-0.05, 0) is 24.5 Å². The first-order valence-corrected chi connectivity index (χ1v) is 7.15. The predicted octanol–water partition coefficient (Wildman–Crippen LogP) is 1.76. The Bertz CT molecular complexity index is 467. The van der Waals surface area contributed by atoms with E-state index in [1.165, 1.54) is 12.3 Å². The van der Waals surface area contributed by atoms with Gasteiger partial charge in [0.15, 0.2) is 5.82 Å². The van der Waals surface area contributed by atoms with E-state index in [4.69, 9.17) is 11.6 Å². The van der Waals surface area contributed by atoms with E-state index >= 15 is 0 Å². The lowest BCUT2D eigenvalue weighted by Crippen LogP contribution is -2.30. The molecule has 1 atom stereocenters. The molecule has 0 aromatic carbocycles. The average molecular weight is 281 g/mol. The van der Waals surface area contributed by atoms with Crippen LogP contribution in [0.5, 0.6) is 0 Å². The lowest BCUT2D eigenvalue weighted by Gasteiger charge is -2.11. The number of halogens is 2. The molecule has 0 saturated heterocycles. The molecule has 4 nitrogen and oxygen atoms in total. The molecule has 17 heavy (non-hydrogen) atoms. The van der Waals surface area contributed by atoms with Crippen molar-refractivity contribution in [2.75, 3.05) is 12.4 Å². The van der Waals surface area contributed by atoms with Gasteiger partial charge in [-0.1, -0.05) is 6.92 Å². The zero-order chi connectivity index (χ0) is 12.9. The first kappa shape index (κ1) is 14.3. The van der Waals surface area contributed by atoms with Crippen LogP contribution in [0.1, 0.15) is 13.3 Å². The third kappa shape index (κ3) is 4.22. The highest BCUT2D eigenvalue weighted by atomic mass is 35.5. The summed E-state index contributed by atoms with van der Waals surface area (Å²) in [7, 11) is -3.88. The van der Waals surface area contributed by atoms with Crippen molar-refractivity contribution in [3.63, 3.8) is 0 Å². The van der Waals surface area contributed by atoms with Crippen molar-refractivity contribution in [1.29, 1.82) is 0 Å². The van der Waals surface area contributed by atoms with Crippen molar-refractivity contribution >= 4 is 21.6 Å². The van der Waals surface area contributed by atoms with Crippen molar-refractivity contribution in [3.05, 3.63) is 24.1 Å². The molecule has 1 unspecified atom stereocenters. The minimum atomic E-state index is -3.88. The molecule has 0 aliphatic rings. The number of hydrogen-bond acceptors (Lipinski definition) is 3. The summed E-state index contributed by atoms with van der Waals surface area (Å²) in [5, 5.41) is -0.571. The highest BCUT2D eigenvalue weighted by Crippen LogP contribution is 2.10. The molecule has 0 fully saturated rings. The first-order chi connectivity index (χ1) is 7.97. The molecule has 1 heterocycles. The normalized spacial score (nSPS) is 13.6. The number of pyridine rings is 1. The number of rotatable bonds is 6. The van der Waals surface area contributed by atoms with Crippen molar-refractivity contribution < 1.29 is 12.8 Å². The molecule has 0 radical (unpaired) electrons. The van der Waals surface area contributed by atoms with E-state index in [9.17, 15) is 12.8 Å². The van der Waals surface area contributed by atoms with Gasteiger partial charge in [0.1, 0.15) is 0 Å². The van der Waals surface area contributed by atoms with Gasteiger partial charge in [0.2, 0.25) is 5.03 Å². The molecule has 0 spiro atoms. The highest BCUT2D eigenvalue weighted by molar-refractivity contribution is 7.89. The maximum atomic E-state index is 13.3. The van der Waals surface area contributed by atoms with Crippen LogP contribution in [0.2, 0.25) is 0 Å². The summed E-state index contributed by atoms with van der Waals surface area (Å²) >= 11 is 5.54. The quantitative estimate of drug-likeness (QED) is 0.808. The number of nitrogens with zero attached hydrogens (tertiary/aromatic N) is 1. The monoisotopic (exact) mass is 280 g/mol. The summed E-state index contributed by atoms with van der Waals surface area (Å²) in [5.74, 6) is -0.306. The highest BCUT2D eigenvalue weighted by Gasteiger charge is 2.20. The van der Waals surface area contributed by atoms with Crippen LogP contribution in [0.15, 0.2) is 23.4 Å². The molecule has 7 heteroatoms. The second-order valence-electron chi connectivity index (χ2n) is 3.73. The van der Waals surface area contributed by atoms with Gasteiger partial charge in [0, 0.05) is 18.6 Å². The number of alkyl halides is 1. The Hall–Kier alpha value is -0.720. The summed E-state index contributed by atoms with van der Waals surface area (Å²) in [6.07, 6.45) is 1.93. The number of hydrogen-bond donors (Lipinski definition) is 1. The number of aromatic nitrogens is 1. The van der Waals surface area contributed by atoms with E-state index in [1.807, 2.05) is 6.92 Å². The van der Waals surface area contributed by atoms with Crippen LogP contribution in [0, 0.1) is 11.7 Å². The van der Waals surface area contributed by atoms with Gasteiger partial charge in [-0.2, -0.15) is 0 Å².